The van der Waals surface area contributed by atoms with Gasteiger partial charge < -0.3 is 5.32 Å². The van der Waals surface area contributed by atoms with Crippen LogP contribution >= 0.6 is 11.6 Å². The van der Waals surface area contributed by atoms with Crippen molar-refractivity contribution in [2.75, 3.05) is 6.54 Å². The molecular formula is C18H28ClN. The molecule has 2 rings (SSSR count). The van der Waals surface area contributed by atoms with Crippen molar-refractivity contribution in [1.82, 2.24) is 5.32 Å². The lowest BCUT2D eigenvalue weighted by molar-refractivity contribution is 0.210. The second-order valence-corrected chi connectivity index (χ2v) is 6.73. The maximum Gasteiger partial charge on any atom is 0.0411 e. The highest BCUT2D eigenvalue weighted by Crippen LogP contribution is 2.39. The third-order valence-corrected chi connectivity index (χ3v) is 4.94. The molecule has 1 N–H and O–H groups in total. The second-order valence-electron chi connectivity index (χ2n) is 6.30. The zero-order valence-electron chi connectivity index (χ0n) is 13.1. The molecule has 0 bridgehead atoms. The SMILES string of the molecule is CCNC(c1cc(C)cc(Cl)c1)C1CCCC(CC)C1. The molecule has 0 amide bonds. The molecule has 3 atom stereocenters. The molecule has 0 radical (unpaired) electrons. The minimum atomic E-state index is 0.465. The summed E-state index contributed by atoms with van der Waals surface area (Å²) in [6.45, 7) is 7.68. The molecule has 20 heavy (non-hydrogen) atoms. The van der Waals surface area contributed by atoms with Crippen molar-refractivity contribution in [3.63, 3.8) is 0 Å². The molecule has 1 nitrogen and oxygen atoms in total. The summed E-state index contributed by atoms with van der Waals surface area (Å²) in [7, 11) is 0. The van der Waals surface area contributed by atoms with Crippen LogP contribution in [0.4, 0.5) is 0 Å². The Morgan fingerprint density at radius 1 is 1.25 bits per heavy atom. The molecule has 3 unspecified atom stereocenters. The Morgan fingerprint density at radius 2 is 2.05 bits per heavy atom. The number of hydrogen-bond donors (Lipinski definition) is 1. The highest BCUT2D eigenvalue weighted by Gasteiger charge is 2.28. The fourth-order valence-corrected chi connectivity index (χ4v) is 4.02. The average molecular weight is 294 g/mol. The minimum absolute atomic E-state index is 0.465. The van der Waals surface area contributed by atoms with Crippen molar-refractivity contribution in [2.24, 2.45) is 11.8 Å². The van der Waals surface area contributed by atoms with Crippen molar-refractivity contribution in [3.05, 3.63) is 34.3 Å². The van der Waals surface area contributed by atoms with Gasteiger partial charge in [0.25, 0.3) is 0 Å². The van der Waals surface area contributed by atoms with Crippen LogP contribution in [0, 0.1) is 18.8 Å². The highest BCUT2D eigenvalue weighted by molar-refractivity contribution is 6.30. The van der Waals surface area contributed by atoms with Gasteiger partial charge in [-0.2, -0.15) is 0 Å². The van der Waals surface area contributed by atoms with Gasteiger partial charge in [0.1, 0.15) is 0 Å². The molecule has 112 valence electrons. The normalized spacial score (nSPS) is 24.6. The van der Waals surface area contributed by atoms with Crippen molar-refractivity contribution in [2.45, 2.75) is 58.9 Å². The van der Waals surface area contributed by atoms with Crippen LogP contribution in [0.5, 0.6) is 0 Å². The Hall–Kier alpha value is -0.530. The van der Waals surface area contributed by atoms with E-state index >= 15 is 0 Å². The van der Waals surface area contributed by atoms with Gasteiger partial charge in [0.2, 0.25) is 0 Å². The smallest absolute Gasteiger partial charge is 0.0411 e. The monoisotopic (exact) mass is 293 g/mol. The Balaban J connectivity index is 2.21. The van der Waals surface area contributed by atoms with Gasteiger partial charge in [-0.1, -0.05) is 50.8 Å². The zero-order chi connectivity index (χ0) is 14.5. The number of nitrogens with one attached hydrogen (secondary N) is 1. The molecule has 1 aromatic carbocycles. The minimum Gasteiger partial charge on any atom is -0.310 e. The first-order valence-corrected chi connectivity index (χ1v) is 8.52. The zero-order valence-corrected chi connectivity index (χ0v) is 13.8. The first kappa shape index (κ1) is 15.9. The van der Waals surface area contributed by atoms with Gasteiger partial charge >= 0.3 is 0 Å². The molecule has 0 aromatic heterocycles. The molecule has 0 aliphatic heterocycles. The number of aryl methyl sites for hydroxylation is 1. The summed E-state index contributed by atoms with van der Waals surface area (Å²) in [5.74, 6) is 1.67. The van der Waals surface area contributed by atoms with Crippen LogP contribution in [0.1, 0.15) is 63.1 Å². The molecule has 0 heterocycles. The topological polar surface area (TPSA) is 12.0 Å². The third-order valence-electron chi connectivity index (χ3n) is 4.72. The molecule has 1 saturated carbocycles. The van der Waals surface area contributed by atoms with Crippen LogP contribution in [0.25, 0.3) is 0 Å². The van der Waals surface area contributed by atoms with Crippen LogP contribution in [0.2, 0.25) is 5.02 Å². The van der Waals surface area contributed by atoms with Gasteiger partial charge in [0.05, 0.1) is 0 Å². The Bertz CT molecular complexity index is 409. The van der Waals surface area contributed by atoms with E-state index in [1.807, 2.05) is 6.07 Å². The van der Waals surface area contributed by atoms with Crippen molar-refractivity contribution < 1.29 is 0 Å². The quantitative estimate of drug-likeness (QED) is 0.754. The van der Waals surface area contributed by atoms with E-state index in [0.717, 1.165) is 23.4 Å². The fraction of sp³-hybridized carbons (Fsp3) is 0.667. The summed E-state index contributed by atoms with van der Waals surface area (Å²) in [5, 5.41) is 4.58. The summed E-state index contributed by atoms with van der Waals surface area (Å²) in [6.07, 6.45) is 6.83. The second kappa shape index (κ2) is 7.47. The number of hydrogen-bond acceptors (Lipinski definition) is 1. The average Bonchev–Trinajstić information content (AvgIpc) is 2.43. The molecule has 0 saturated heterocycles. The van der Waals surface area contributed by atoms with Gasteiger partial charge in [-0.3, -0.25) is 0 Å². The molecule has 1 fully saturated rings. The van der Waals surface area contributed by atoms with E-state index in [4.69, 9.17) is 11.6 Å². The Morgan fingerprint density at radius 3 is 2.70 bits per heavy atom. The van der Waals surface area contributed by atoms with Crippen LogP contribution < -0.4 is 5.32 Å². The van der Waals surface area contributed by atoms with Crippen LogP contribution in [0.15, 0.2) is 18.2 Å². The van der Waals surface area contributed by atoms with Gasteiger partial charge in [-0.05, 0) is 61.4 Å². The molecular weight excluding hydrogens is 266 g/mol. The molecule has 0 spiro atoms. The summed E-state index contributed by atoms with van der Waals surface area (Å²) in [6, 6.07) is 6.96. The molecule has 1 aliphatic carbocycles. The number of benzene rings is 1. The van der Waals surface area contributed by atoms with Gasteiger partial charge in [0, 0.05) is 11.1 Å². The standard InChI is InChI=1S/C18H28ClN/c1-4-14-7-6-8-15(11-14)18(20-5-2)16-9-13(3)10-17(19)12-16/h9-10,12,14-15,18,20H,4-8,11H2,1-3H3. The Kier molecular flexibility index (Phi) is 5.92. The molecule has 1 aromatic rings. The first-order chi connectivity index (χ1) is 9.63. The first-order valence-electron chi connectivity index (χ1n) is 8.14. The van der Waals surface area contributed by atoms with E-state index in [2.05, 4.69) is 38.2 Å². The summed E-state index contributed by atoms with van der Waals surface area (Å²) >= 11 is 6.26. The summed E-state index contributed by atoms with van der Waals surface area (Å²) in [4.78, 5) is 0. The fourth-order valence-electron chi connectivity index (χ4n) is 3.73. The van der Waals surface area contributed by atoms with Crippen molar-refractivity contribution >= 4 is 11.6 Å². The van der Waals surface area contributed by atoms with E-state index in [1.165, 1.54) is 43.2 Å². The maximum absolute atomic E-state index is 6.26. The van der Waals surface area contributed by atoms with Crippen molar-refractivity contribution in [3.8, 4) is 0 Å². The van der Waals surface area contributed by atoms with Crippen molar-refractivity contribution in [1.29, 1.82) is 0 Å². The highest BCUT2D eigenvalue weighted by atomic mass is 35.5. The van der Waals surface area contributed by atoms with Crippen LogP contribution in [-0.4, -0.2) is 6.54 Å². The van der Waals surface area contributed by atoms with E-state index in [0.29, 0.717) is 6.04 Å². The van der Waals surface area contributed by atoms with Gasteiger partial charge in [0.15, 0.2) is 0 Å². The van der Waals surface area contributed by atoms with Crippen LogP contribution in [0.3, 0.4) is 0 Å². The van der Waals surface area contributed by atoms with Gasteiger partial charge in [-0.25, -0.2) is 0 Å². The largest absolute Gasteiger partial charge is 0.310 e. The summed E-state index contributed by atoms with van der Waals surface area (Å²) in [5.41, 5.74) is 2.64. The third kappa shape index (κ3) is 3.99. The van der Waals surface area contributed by atoms with Crippen LogP contribution in [-0.2, 0) is 0 Å². The lowest BCUT2D eigenvalue weighted by Crippen LogP contribution is -2.31. The predicted octanol–water partition coefficient (Wildman–Crippen LogP) is 5.52. The maximum atomic E-state index is 6.26. The molecule has 1 aliphatic rings. The van der Waals surface area contributed by atoms with E-state index in [9.17, 15) is 0 Å². The number of rotatable bonds is 5. The Labute approximate surface area is 129 Å². The van der Waals surface area contributed by atoms with E-state index in [1.54, 1.807) is 0 Å². The summed E-state index contributed by atoms with van der Waals surface area (Å²) < 4.78 is 0. The predicted molar refractivity (Wildman–Crippen MR) is 88.3 cm³/mol. The lowest BCUT2D eigenvalue weighted by Gasteiger charge is -2.35. The van der Waals surface area contributed by atoms with E-state index < -0.39 is 0 Å². The number of halogens is 1. The molecule has 2 heteroatoms. The van der Waals surface area contributed by atoms with E-state index in [-0.39, 0.29) is 0 Å². The van der Waals surface area contributed by atoms with Gasteiger partial charge in [-0.15, -0.1) is 0 Å². The lowest BCUT2D eigenvalue weighted by atomic mass is 9.75.